The van der Waals surface area contributed by atoms with Gasteiger partial charge in [-0.05, 0) is 30.3 Å². The number of nitrogens with one attached hydrogen (secondary N) is 1. The van der Waals surface area contributed by atoms with Crippen molar-refractivity contribution >= 4 is 40.9 Å². The molecule has 1 aliphatic rings. The second kappa shape index (κ2) is 10.5. The first-order valence-corrected chi connectivity index (χ1v) is 10.4. The smallest absolute Gasteiger partial charge is 0.262 e. The Labute approximate surface area is 193 Å². The van der Waals surface area contributed by atoms with E-state index in [-0.39, 0.29) is 30.8 Å². The first-order valence-electron chi connectivity index (χ1n) is 10.4. The Morgan fingerprint density at radius 1 is 1.06 bits per heavy atom. The molecule has 0 aliphatic carbocycles. The van der Waals surface area contributed by atoms with E-state index in [0.29, 0.717) is 11.4 Å². The summed E-state index contributed by atoms with van der Waals surface area (Å²) in [5.41, 5.74) is 2.53. The van der Waals surface area contributed by atoms with Gasteiger partial charge in [-0.1, -0.05) is 18.2 Å². The lowest BCUT2D eigenvalue weighted by Crippen LogP contribution is -2.47. The molecule has 1 aliphatic heterocycles. The number of halogens is 1. The quantitative estimate of drug-likeness (QED) is 0.615. The number of aromatic nitrogens is 2. The number of carbonyl (C=O) groups excluding carboxylic acids is 2. The lowest BCUT2D eigenvalue weighted by atomic mass is 10.2. The fourth-order valence-corrected chi connectivity index (χ4v) is 3.75. The molecule has 2 amide bonds. The zero-order chi connectivity index (χ0) is 21.8. The number of hydrogen-bond acceptors (Lipinski definition) is 5. The fourth-order valence-electron chi connectivity index (χ4n) is 3.75. The van der Waals surface area contributed by atoms with Crippen LogP contribution >= 0.6 is 12.4 Å². The van der Waals surface area contributed by atoms with Crippen LogP contribution in [0.4, 0.5) is 5.69 Å². The van der Waals surface area contributed by atoms with Crippen LogP contribution in [-0.4, -0.2) is 64.0 Å². The van der Waals surface area contributed by atoms with Crippen LogP contribution in [0.2, 0.25) is 0 Å². The Morgan fingerprint density at radius 2 is 1.78 bits per heavy atom. The van der Waals surface area contributed by atoms with Crippen molar-refractivity contribution in [3.8, 4) is 5.75 Å². The van der Waals surface area contributed by atoms with Gasteiger partial charge in [0, 0.05) is 45.8 Å². The van der Waals surface area contributed by atoms with Gasteiger partial charge in [-0.25, -0.2) is 4.98 Å². The zero-order valence-corrected chi connectivity index (χ0v) is 19.1. The summed E-state index contributed by atoms with van der Waals surface area (Å²) in [6.45, 7) is 5.47. The maximum absolute atomic E-state index is 12.2. The van der Waals surface area contributed by atoms with Crippen LogP contribution in [0.15, 0.2) is 48.5 Å². The summed E-state index contributed by atoms with van der Waals surface area (Å²) in [5, 5.41) is 2.87. The second-order valence-corrected chi connectivity index (χ2v) is 7.72. The first kappa shape index (κ1) is 23.6. The lowest BCUT2D eigenvalue weighted by Gasteiger charge is -2.33. The number of para-hydroxylation sites is 1. The summed E-state index contributed by atoms with van der Waals surface area (Å²) >= 11 is 0. The lowest BCUT2D eigenvalue weighted by molar-refractivity contribution is -0.130. The van der Waals surface area contributed by atoms with Crippen LogP contribution in [-0.2, 0) is 23.2 Å². The Bertz CT molecular complexity index is 1080. The van der Waals surface area contributed by atoms with E-state index < -0.39 is 0 Å². The topological polar surface area (TPSA) is 79.7 Å². The summed E-state index contributed by atoms with van der Waals surface area (Å²) in [7, 11) is 2.00. The number of imidazole rings is 1. The number of carbonyl (C=O) groups is 2. The van der Waals surface area contributed by atoms with E-state index in [1.165, 1.54) is 0 Å². The highest BCUT2D eigenvalue weighted by Gasteiger charge is 2.20. The van der Waals surface area contributed by atoms with Crippen LogP contribution in [0.5, 0.6) is 5.75 Å². The predicted octanol–water partition coefficient (Wildman–Crippen LogP) is 2.68. The molecule has 0 bridgehead atoms. The summed E-state index contributed by atoms with van der Waals surface area (Å²) in [6.07, 6.45) is 0. The van der Waals surface area contributed by atoms with Crippen molar-refractivity contribution in [2.45, 2.75) is 13.5 Å². The highest BCUT2D eigenvalue weighted by atomic mass is 35.5. The van der Waals surface area contributed by atoms with Gasteiger partial charge in [0.1, 0.15) is 11.6 Å². The molecule has 0 atom stereocenters. The third kappa shape index (κ3) is 5.57. The van der Waals surface area contributed by atoms with Gasteiger partial charge in [-0.2, -0.15) is 0 Å². The molecule has 2 aromatic carbocycles. The summed E-state index contributed by atoms with van der Waals surface area (Å²) in [4.78, 5) is 32.7. The minimum atomic E-state index is -0.220. The van der Waals surface area contributed by atoms with E-state index in [0.717, 1.165) is 49.6 Å². The first-order chi connectivity index (χ1) is 15.0. The minimum absolute atomic E-state index is 0. The molecule has 8 nitrogen and oxygen atoms in total. The average Bonchev–Trinajstić information content (AvgIpc) is 3.08. The average molecular weight is 458 g/mol. The number of hydrogen-bond donors (Lipinski definition) is 1. The van der Waals surface area contributed by atoms with E-state index in [2.05, 4.69) is 14.8 Å². The molecule has 3 aromatic rings. The molecule has 170 valence electrons. The van der Waals surface area contributed by atoms with Gasteiger partial charge < -0.3 is 19.5 Å². The van der Waals surface area contributed by atoms with Crippen LogP contribution < -0.4 is 10.1 Å². The van der Waals surface area contributed by atoms with Crippen molar-refractivity contribution in [3.63, 3.8) is 0 Å². The van der Waals surface area contributed by atoms with Crippen LogP contribution in [0.25, 0.3) is 11.0 Å². The standard InChI is InChI=1S/C23H27N5O3.ClH/c1-17(29)28-12-10-27(11-13-28)15-22-25-20-14-18(8-9-21(20)26(22)2)24-23(30)16-31-19-6-4-3-5-7-19;/h3-9,14H,10-13,15-16H2,1-2H3,(H,24,30);1H. The Kier molecular flexibility index (Phi) is 7.71. The van der Waals surface area contributed by atoms with Gasteiger partial charge in [0.15, 0.2) is 6.61 Å². The SMILES string of the molecule is CC(=O)N1CCN(Cc2nc3cc(NC(=O)COc4ccccc4)ccc3n2C)CC1.Cl. The molecule has 0 spiro atoms. The molecule has 0 saturated carbocycles. The molecular weight excluding hydrogens is 430 g/mol. The number of fused-ring (bicyclic) bond motifs is 1. The molecule has 4 rings (SSSR count). The predicted molar refractivity (Wildman–Crippen MR) is 126 cm³/mol. The number of piperazine rings is 1. The summed E-state index contributed by atoms with van der Waals surface area (Å²) in [5.74, 6) is 1.53. The Hall–Kier alpha value is -3.10. The van der Waals surface area contributed by atoms with E-state index in [1.54, 1.807) is 6.92 Å². The molecule has 1 aromatic heterocycles. The normalized spacial score (nSPS) is 14.1. The van der Waals surface area contributed by atoms with E-state index in [9.17, 15) is 9.59 Å². The number of rotatable bonds is 6. The number of nitrogens with zero attached hydrogens (tertiary/aromatic N) is 4. The van der Waals surface area contributed by atoms with Crippen molar-refractivity contribution in [2.75, 3.05) is 38.1 Å². The summed E-state index contributed by atoms with van der Waals surface area (Å²) in [6, 6.07) is 15.0. The van der Waals surface area contributed by atoms with Crippen molar-refractivity contribution < 1.29 is 14.3 Å². The molecule has 1 fully saturated rings. The second-order valence-electron chi connectivity index (χ2n) is 7.72. The monoisotopic (exact) mass is 457 g/mol. The minimum Gasteiger partial charge on any atom is -0.484 e. The van der Waals surface area contributed by atoms with Crippen molar-refractivity contribution in [1.29, 1.82) is 0 Å². The molecule has 32 heavy (non-hydrogen) atoms. The molecule has 1 saturated heterocycles. The molecule has 1 N–H and O–H groups in total. The van der Waals surface area contributed by atoms with Crippen molar-refractivity contribution in [3.05, 3.63) is 54.4 Å². The zero-order valence-electron chi connectivity index (χ0n) is 18.3. The number of anilines is 1. The molecule has 9 heteroatoms. The van der Waals surface area contributed by atoms with Gasteiger partial charge in [-0.3, -0.25) is 14.5 Å². The number of aryl methyl sites for hydroxylation is 1. The van der Waals surface area contributed by atoms with E-state index >= 15 is 0 Å². The van der Waals surface area contributed by atoms with E-state index in [4.69, 9.17) is 9.72 Å². The highest BCUT2D eigenvalue weighted by molar-refractivity contribution is 5.94. The third-order valence-electron chi connectivity index (χ3n) is 5.55. The van der Waals surface area contributed by atoms with Gasteiger partial charge in [0.05, 0.1) is 17.6 Å². The highest BCUT2D eigenvalue weighted by Crippen LogP contribution is 2.21. The van der Waals surface area contributed by atoms with Gasteiger partial charge in [0.2, 0.25) is 5.91 Å². The van der Waals surface area contributed by atoms with Gasteiger partial charge in [-0.15, -0.1) is 12.4 Å². The van der Waals surface area contributed by atoms with E-state index in [1.807, 2.05) is 60.5 Å². The third-order valence-corrected chi connectivity index (χ3v) is 5.55. The number of ether oxygens (including phenoxy) is 1. The van der Waals surface area contributed by atoms with Crippen molar-refractivity contribution in [2.24, 2.45) is 7.05 Å². The van der Waals surface area contributed by atoms with Crippen molar-refractivity contribution in [1.82, 2.24) is 19.4 Å². The molecule has 2 heterocycles. The molecular formula is C23H28ClN5O3. The summed E-state index contributed by atoms with van der Waals surface area (Å²) < 4.78 is 7.58. The number of amides is 2. The molecule has 0 radical (unpaired) electrons. The fraction of sp³-hybridized carbons (Fsp3) is 0.348. The maximum Gasteiger partial charge on any atom is 0.262 e. The Balaban J connectivity index is 0.00000289. The molecule has 0 unspecified atom stereocenters. The van der Waals surface area contributed by atoms with Crippen LogP contribution in [0, 0.1) is 0 Å². The Morgan fingerprint density at radius 3 is 2.47 bits per heavy atom. The van der Waals surface area contributed by atoms with Crippen LogP contribution in [0.1, 0.15) is 12.7 Å². The van der Waals surface area contributed by atoms with Gasteiger partial charge >= 0.3 is 0 Å². The number of benzene rings is 2. The van der Waals surface area contributed by atoms with Crippen LogP contribution in [0.3, 0.4) is 0 Å². The van der Waals surface area contributed by atoms with Gasteiger partial charge in [0.25, 0.3) is 5.91 Å². The maximum atomic E-state index is 12.2. The largest absolute Gasteiger partial charge is 0.484 e.